The van der Waals surface area contributed by atoms with E-state index in [0.29, 0.717) is 18.4 Å². The molecule has 0 radical (unpaired) electrons. The molecular formula is C12H20N2O. The summed E-state index contributed by atoms with van der Waals surface area (Å²) < 4.78 is 1.82. The quantitative estimate of drug-likeness (QED) is 0.745. The second-order valence-corrected chi connectivity index (χ2v) is 5.19. The fraction of sp³-hybridized carbons (Fsp3) is 0.667. The third-order valence-electron chi connectivity index (χ3n) is 2.30. The highest BCUT2D eigenvalue weighted by Crippen LogP contribution is 2.21. The first-order valence-electron chi connectivity index (χ1n) is 5.45. The minimum atomic E-state index is 0.289. The van der Waals surface area contributed by atoms with Crippen molar-refractivity contribution in [2.45, 2.75) is 46.6 Å². The molecule has 0 unspecified atom stereocenters. The number of nitrogens with zero attached hydrogens (tertiary/aromatic N) is 2. The predicted octanol–water partition coefficient (Wildman–Crippen LogP) is 2.67. The van der Waals surface area contributed by atoms with Gasteiger partial charge in [-0.3, -0.25) is 4.79 Å². The number of hydrogen-bond acceptors (Lipinski definition) is 2. The Morgan fingerprint density at radius 3 is 2.67 bits per heavy atom. The van der Waals surface area contributed by atoms with Crippen LogP contribution in [0.3, 0.4) is 0 Å². The van der Waals surface area contributed by atoms with Crippen LogP contribution in [0.25, 0.3) is 0 Å². The van der Waals surface area contributed by atoms with Gasteiger partial charge in [0.05, 0.1) is 12.9 Å². The van der Waals surface area contributed by atoms with Gasteiger partial charge in [0.2, 0.25) is 0 Å². The molecule has 15 heavy (non-hydrogen) atoms. The molecule has 0 fully saturated rings. The van der Waals surface area contributed by atoms with Gasteiger partial charge in [-0.1, -0.05) is 20.8 Å². The zero-order valence-corrected chi connectivity index (χ0v) is 9.86. The monoisotopic (exact) mass is 208 g/mol. The topological polar surface area (TPSA) is 34.9 Å². The molecule has 0 N–H and O–H groups in total. The number of Topliss-reactive ketones (excluding diaryl/α,β-unsaturated/α-hetero) is 1. The molecule has 0 saturated heterocycles. The Morgan fingerprint density at radius 1 is 1.40 bits per heavy atom. The molecule has 3 heteroatoms. The van der Waals surface area contributed by atoms with E-state index in [4.69, 9.17) is 0 Å². The first-order valence-corrected chi connectivity index (χ1v) is 5.45. The summed E-state index contributed by atoms with van der Waals surface area (Å²) in [6, 6.07) is 0. The maximum Gasteiger partial charge on any atom is 0.152 e. The maximum atomic E-state index is 11.5. The molecule has 0 saturated carbocycles. The van der Waals surface area contributed by atoms with Crippen LogP contribution >= 0.6 is 0 Å². The molecule has 0 bridgehead atoms. The number of ketones is 1. The lowest BCUT2D eigenvalue weighted by atomic mass is 9.89. The standard InChI is InChI=1S/C12H20N2O/c1-12(2,3)6-4-5-11(15)9-14-8-7-13-10-14/h7-8,10H,4-6,9H2,1-3H3. The largest absolute Gasteiger partial charge is 0.330 e. The van der Waals surface area contributed by atoms with Crippen LogP contribution in [-0.4, -0.2) is 15.3 Å². The number of rotatable bonds is 5. The van der Waals surface area contributed by atoms with Crippen LogP contribution in [0.4, 0.5) is 0 Å². The molecule has 1 rings (SSSR count). The van der Waals surface area contributed by atoms with Gasteiger partial charge in [-0.2, -0.15) is 0 Å². The fourth-order valence-electron chi connectivity index (χ4n) is 1.48. The number of hydrogen-bond donors (Lipinski definition) is 0. The molecule has 0 amide bonds. The van der Waals surface area contributed by atoms with E-state index in [9.17, 15) is 4.79 Å². The lowest BCUT2D eigenvalue weighted by Crippen LogP contribution is -2.10. The van der Waals surface area contributed by atoms with Crippen LogP contribution in [0.5, 0.6) is 0 Å². The van der Waals surface area contributed by atoms with Crippen LogP contribution < -0.4 is 0 Å². The summed E-state index contributed by atoms with van der Waals surface area (Å²) in [5, 5.41) is 0. The molecule has 0 aromatic carbocycles. The SMILES string of the molecule is CC(C)(C)CCCC(=O)Cn1ccnc1. The number of carbonyl (C=O) groups is 1. The van der Waals surface area contributed by atoms with E-state index in [1.807, 2.05) is 10.8 Å². The van der Waals surface area contributed by atoms with Crippen molar-refractivity contribution < 1.29 is 4.79 Å². The smallest absolute Gasteiger partial charge is 0.152 e. The van der Waals surface area contributed by atoms with Crippen molar-refractivity contribution in [3.8, 4) is 0 Å². The second kappa shape index (κ2) is 5.10. The van der Waals surface area contributed by atoms with Gasteiger partial charge in [0.15, 0.2) is 5.78 Å². The molecular weight excluding hydrogens is 188 g/mol. The average molecular weight is 208 g/mol. The van der Waals surface area contributed by atoms with Gasteiger partial charge < -0.3 is 4.57 Å². The third kappa shape index (κ3) is 5.35. The Bertz CT molecular complexity index is 296. The Morgan fingerprint density at radius 2 is 2.13 bits per heavy atom. The van der Waals surface area contributed by atoms with Gasteiger partial charge in [0.1, 0.15) is 0 Å². The van der Waals surface area contributed by atoms with Gasteiger partial charge in [-0.15, -0.1) is 0 Å². The van der Waals surface area contributed by atoms with Crippen LogP contribution in [0.2, 0.25) is 0 Å². The van der Waals surface area contributed by atoms with Gasteiger partial charge in [0.25, 0.3) is 0 Å². The number of carbonyl (C=O) groups excluding carboxylic acids is 1. The van der Waals surface area contributed by atoms with Crippen molar-refractivity contribution in [2.75, 3.05) is 0 Å². The first-order chi connectivity index (χ1) is 6.97. The maximum absolute atomic E-state index is 11.5. The van der Waals surface area contributed by atoms with Crippen LogP contribution in [0.15, 0.2) is 18.7 Å². The van der Waals surface area contributed by atoms with Crippen molar-refractivity contribution in [3.63, 3.8) is 0 Å². The highest BCUT2D eigenvalue weighted by molar-refractivity contribution is 5.78. The van der Waals surface area contributed by atoms with Gasteiger partial charge >= 0.3 is 0 Å². The van der Waals surface area contributed by atoms with Crippen molar-refractivity contribution in [1.29, 1.82) is 0 Å². The minimum Gasteiger partial charge on any atom is -0.330 e. The summed E-state index contributed by atoms with van der Waals surface area (Å²) in [7, 11) is 0. The first kappa shape index (κ1) is 12.0. The molecule has 0 aliphatic carbocycles. The molecule has 1 aromatic rings. The van der Waals surface area contributed by atoms with E-state index < -0.39 is 0 Å². The molecule has 0 spiro atoms. The van der Waals surface area contributed by atoms with Gasteiger partial charge in [-0.05, 0) is 18.3 Å². The van der Waals surface area contributed by atoms with Crippen molar-refractivity contribution in [1.82, 2.24) is 9.55 Å². The molecule has 84 valence electrons. The lowest BCUT2D eigenvalue weighted by Gasteiger charge is -2.17. The van der Waals surface area contributed by atoms with Crippen LogP contribution in [0, 0.1) is 5.41 Å². The van der Waals surface area contributed by atoms with E-state index in [1.165, 1.54) is 0 Å². The lowest BCUT2D eigenvalue weighted by molar-refractivity contribution is -0.119. The van der Waals surface area contributed by atoms with Gasteiger partial charge in [0, 0.05) is 18.8 Å². The zero-order chi connectivity index (χ0) is 11.3. The Kier molecular flexibility index (Phi) is 4.06. The normalized spacial score (nSPS) is 11.7. The van der Waals surface area contributed by atoms with Gasteiger partial charge in [-0.25, -0.2) is 4.98 Å². The molecule has 1 aromatic heterocycles. The highest BCUT2D eigenvalue weighted by Gasteiger charge is 2.11. The fourth-order valence-corrected chi connectivity index (χ4v) is 1.48. The summed E-state index contributed by atoms with van der Waals surface area (Å²) in [6.07, 6.45) is 7.96. The molecule has 0 aliphatic heterocycles. The summed E-state index contributed by atoms with van der Waals surface area (Å²) in [6.45, 7) is 7.07. The van der Waals surface area contributed by atoms with E-state index in [1.54, 1.807) is 12.5 Å². The van der Waals surface area contributed by atoms with E-state index in [2.05, 4.69) is 25.8 Å². The molecule has 1 heterocycles. The third-order valence-corrected chi connectivity index (χ3v) is 2.30. The minimum absolute atomic E-state index is 0.289. The Hall–Kier alpha value is -1.12. The molecule has 0 atom stereocenters. The van der Waals surface area contributed by atoms with E-state index in [0.717, 1.165) is 12.8 Å². The zero-order valence-electron chi connectivity index (χ0n) is 9.86. The molecule has 3 nitrogen and oxygen atoms in total. The van der Waals surface area contributed by atoms with Crippen LogP contribution in [0.1, 0.15) is 40.0 Å². The average Bonchev–Trinajstić information content (AvgIpc) is 2.54. The number of imidazole rings is 1. The number of aromatic nitrogens is 2. The summed E-state index contributed by atoms with van der Waals surface area (Å²) in [5.74, 6) is 0.289. The van der Waals surface area contributed by atoms with Crippen molar-refractivity contribution in [3.05, 3.63) is 18.7 Å². The van der Waals surface area contributed by atoms with Crippen LogP contribution in [-0.2, 0) is 11.3 Å². The highest BCUT2D eigenvalue weighted by atomic mass is 16.1. The summed E-state index contributed by atoms with van der Waals surface area (Å²) >= 11 is 0. The van der Waals surface area contributed by atoms with E-state index in [-0.39, 0.29) is 5.78 Å². The summed E-state index contributed by atoms with van der Waals surface area (Å²) in [4.78, 5) is 15.5. The van der Waals surface area contributed by atoms with Crippen molar-refractivity contribution >= 4 is 5.78 Å². The molecule has 0 aliphatic rings. The Labute approximate surface area is 91.5 Å². The Balaban J connectivity index is 2.20. The predicted molar refractivity (Wildman–Crippen MR) is 60.5 cm³/mol. The summed E-state index contributed by atoms with van der Waals surface area (Å²) in [5.41, 5.74) is 0.329. The van der Waals surface area contributed by atoms with Crippen molar-refractivity contribution in [2.24, 2.45) is 5.41 Å². The van der Waals surface area contributed by atoms with E-state index >= 15 is 0 Å². The second-order valence-electron chi connectivity index (χ2n) is 5.19.